The van der Waals surface area contributed by atoms with Gasteiger partial charge in [0.25, 0.3) is 15.9 Å². The first-order valence-electron chi connectivity index (χ1n) is 6.23. The van der Waals surface area contributed by atoms with Crippen molar-refractivity contribution in [2.45, 2.75) is 20.8 Å². The lowest BCUT2D eigenvalue weighted by atomic mass is 10.0. The highest BCUT2D eigenvalue weighted by Gasteiger charge is 2.43. The number of hydrogen-bond donors (Lipinski definition) is 1. The number of nitrogens with zero attached hydrogens (tertiary/aromatic N) is 1. The van der Waals surface area contributed by atoms with Crippen molar-refractivity contribution in [1.29, 1.82) is 0 Å². The van der Waals surface area contributed by atoms with Crippen LogP contribution >= 0.6 is 0 Å². The summed E-state index contributed by atoms with van der Waals surface area (Å²) < 4.78 is 25.4. The van der Waals surface area contributed by atoms with Gasteiger partial charge in [0.2, 0.25) is 0 Å². The Bertz CT molecular complexity index is 777. The number of hydrogen-bond acceptors (Lipinski definition) is 4. The van der Waals surface area contributed by atoms with Crippen molar-refractivity contribution in [3.8, 4) is 0 Å². The molecule has 0 fully saturated rings. The number of benzene rings is 1. The van der Waals surface area contributed by atoms with Gasteiger partial charge in [-0.15, -0.1) is 0 Å². The third kappa shape index (κ3) is 2.44. The number of amides is 1. The first kappa shape index (κ1) is 15.2. The van der Waals surface area contributed by atoms with E-state index < -0.39 is 28.4 Å². The molecule has 1 amide bonds. The van der Waals surface area contributed by atoms with Gasteiger partial charge < -0.3 is 5.11 Å². The molecule has 6 nitrogen and oxygen atoms in total. The zero-order valence-electron chi connectivity index (χ0n) is 11.9. The molecule has 7 heteroatoms. The summed E-state index contributed by atoms with van der Waals surface area (Å²) >= 11 is 0. The quantitative estimate of drug-likeness (QED) is 0.908. The van der Waals surface area contributed by atoms with Gasteiger partial charge in [0.15, 0.2) is 0 Å². The van der Waals surface area contributed by atoms with Crippen LogP contribution in [0.1, 0.15) is 23.6 Å². The van der Waals surface area contributed by atoms with Crippen molar-refractivity contribution in [3.05, 3.63) is 40.5 Å². The lowest BCUT2D eigenvalue weighted by Gasteiger charge is -2.15. The average molecular weight is 309 g/mol. The van der Waals surface area contributed by atoms with Crippen molar-refractivity contribution in [2.75, 3.05) is 6.54 Å². The highest BCUT2D eigenvalue weighted by Crippen LogP contribution is 2.36. The third-order valence-electron chi connectivity index (χ3n) is 3.35. The Labute approximate surface area is 122 Å². The number of carboxylic acids is 1. The summed E-state index contributed by atoms with van der Waals surface area (Å²) in [4.78, 5) is 22.7. The minimum atomic E-state index is -4.13. The van der Waals surface area contributed by atoms with Crippen LogP contribution in [0.2, 0.25) is 0 Å². The Morgan fingerprint density at radius 3 is 2.43 bits per heavy atom. The highest BCUT2D eigenvalue weighted by molar-refractivity contribution is 7.99. The molecular weight excluding hydrogens is 294 g/mol. The standard InChI is InChI=1S/C14H15NO5S/c1-8-4-5-9(2)11(6-8)13-10(3)14(18)15(7-12(16)17)21(13,19)20/h4-6H,7H2,1-3H3,(H,16,17). The molecular formula is C14H15NO5S. The van der Waals surface area contributed by atoms with E-state index in [-0.39, 0.29) is 10.5 Å². The second kappa shape index (κ2) is 5.00. The second-order valence-corrected chi connectivity index (χ2v) is 6.78. The smallest absolute Gasteiger partial charge is 0.324 e. The fourth-order valence-corrected chi connectivity index (χ4v) is 4.13. The molecule has 1 aliphatic rings. The molecule has 0 saturated heterocycles. The van der Waals surface area contributed by atoms with Gasteiger partial charge in [-0.3, -0.25) is 9.59 Å². The largest absolute Gasteiger partial charge is 0.480 e. The summed E-state index contributed by atoms with van der Waals surface area (Å²) in [6, 6.07) is 5.29. The number of rotatable bonds is 3. The van der Waals surface area contributed by atoms with Gasteiger partial charge >= 0.3 is 5.97 Å². The molecule has 0 aromatic heterocycles. The minimum absolute atomic E-state index is 0.0463. The predicted molar refractivity (Wildman–Crippen MR) is 76.8 cm³/mol. The lowest BCUT2D eigenvalue weighted by Crippen LogP contribution is -2.36. The van der Waals surface area contributed by atoms with Crippen LogP contribution < -0.4 is 0 Å². The molecule has 112 valence electrons. The van der Waals surface area contributed by atoms with Crippen molar-refractivity contribution < 1.29 is 23.1 Å². The van der Waals surface area contributed by atoms with Gasteiger partial charge in [-0.1, -0.05) is 23.8 Å². The number of aryl methyl sites for hydroxylation is 2. The zero-order valence-corrected chi connectivity index (χ0v) is 12.7. The zero-order chi connectivity index (χ0) is 15.9. The van der Waals surface area contributed by atoms with E-state index in [4.69, 9.17) is 5.11 Å². The average Bonchev–Trinajstić information content (AvgIpc) is 2.53. The molecule has 1 N–H and O–H groups in total. The lowest BCUT2D eigenvalue weighted by molar-refractivity contribution is -0.140. The van der Waals surface area contributed by atoms with E-state index in [9.17, 15) is 18.0 Å². The number of carbonyl (C=O) groups excluding carboxylic acids is 1. The Hall–Kier alpha value is -2.15. The molecule has 0 radical (unpaired) electrons. The van der Waals surface area contributed by atoms with E-state index in [1.807, 2.05) is 13.0 Å². The fraction of sp³-hybridized carbons (Fsp3) is 0.286. The van der Waals surface area contributed by atoms with Gasteiger partial charge in [-0.05, 0) is 31.9 Å². The van der Waals surface area contributed by atoms with Crippen LogP contribution in [0.3, 0.4) is 0 Å². The summed E-state index contributed by atoms with van der Waals surface area (Å²) in [6.45, 7) is 4.10. The maximum Gasteiger partial charge on any atom is 0.324 e. The fourth-order valence-electron chi connectivity index (χ4n) is 2.30. The minimum Gasteiger partial charge on any atom is -0.480 e. The van der Waals surface area contributed by atoms with E-state index in [1.165, 1.54) is 6.92 Å². The molecule has 2 rings (SSSR count). The van der Waals surface area contributed by atoms with Crippen molar-refractivity contribution in [3.63, 3.8) is 0 Å². The van der Waals surface area contributed by atoms with Crippen molar-refractivity contribution >= 4 is 26.8 Å². The molecule has 0 spiro atoms. The van der Waals surface area contributed by atoms with Crippen LogP contribution in [0.4, 0.5) is 0 Å². The summed E-state index contributed by atoms with van der Waals surface area (Å²) in [5, 5.41) is 8.79. The maximum absolute atomic E-state index is 12.5. The van der Waals surface area contributed by atoms with Crippen molar-refractivity contribution in [1.82, 2.24) is 4.31 Å². The first-order chi connectivity index (χ1) is 9.66. The summed E-state index contributed by atoms with van der Waals surface area (Å²) in [5.41, 5.74) is 2.05. The predicted octanol–water partition coefficient (Wildman–Crippen LogP) is 1.29. The number of carboxylic acid groups (broad SMARTS) is 1. The van der Waals surface area contributed by atoms with Crippen LogP contribution in [-0.4, -0.2) is 36.3 Å². The van der Waals surface area contributed by atoms with Crippen LogP contribution in [0.5, 0.6) is 0 Å². The number of aliphatic carboxylic acids is 1. The Balaban J connectivity index is 2.66. The first-order valence-corrected chi connectivity index (χ1v) is 7.67. The Morgan fingerprint density at radius 2 is 1.86 bits per heavy atom. The molecule has 1 aromatic rings. The normalized spacial score (nSPS) is 17.5. The van der Waals surface area contributed by atoms with Gasteiger partial charge in [0, 0.05) is 5.57 Å². The Kier molecular flexibility index (Phi) is 3.63. The third-order valence-corrected chi connectivity index (χ3v) is 5.27. The van der Waals surface area contributed by atoms with Gasteiger partial charge in [0.1, 0.15) is 11.4 Å². The molecule has 0 aliphatic carbocycles. The maximum atomic E-state index is 12.5. The highest BCUT2D eigenvalue weighted by atomic mass is 32.2. The second-order valence-electron chi connectivity index (χ2n) is 4.98. The number of sulfonamides is 1. The van der Waals surface area contributed by atoms with E-state index in [1.54, 1.807) is 19.1 Å². The summed E-state index contributed by atoms with van der Waals surface area (Å²) in [5.74, 6) is -2.16. The molecule has 0 saturated carbocycles. The van der Waals surface area contributed by atoms with E-state index >= 15 is 0 Å². The van der Waals surface area contributed by atoms with Crippen molar-refractivity contribution in [2.24, 2.45) is 0 Å². The SMILES string of the molecule is CC1=C(c2cc(C)ccc2C)S(=O)(=O)N(CC(=O)O)C1=O. The molecule has 0 atom stereocenters. The van der Waals surface area contributed by atoms with E-state index in [0.29, 0.717) is 15.4 Å². The van der Waals surface area contributed by atoms with Crippen LogP contribution in [0.15, 0.2) is 23.8 Å². The van der Waals surface area contributed by atoms with E-state index in [2.05, 4.69) is 0 Å². The van der Waals surface area contributed by atoms with Crippen LogP contribution in [-0.2, 0) is 19.6 Å². The van der Waals surface area contributed by atoms with Gasteiger partial charge in [-0.2, -0.15) is 0 Å². The van der Waals surface area contributed by atoms with Gasteiger partial charge in [-0.25, -0.2) is 12.7 Å². The van der Waals surface area contributed by atoms with E-state index in [0.717, 1.165) is 5.56 Å². The summed E-state index contributed by atoms with van der Waals surface area (Å²) in [6.07, 6.45) is 0. The molecule has 21 heavy (non-hydrogen) atoms. The van der Waals surface area contributed by atoms with Crippen LogP contribution in [0.25, 0.3) is 4.91 Å². The molecule has 1 aromatic carbocycles. The number of carbonyl (C=O) groups is 2. The monoisotopic (exact) mass is 309 g/mol. The Morgan fingerprint density at radius 1 is 1.24 bits per heavy atom. The molecule has 1 aliphatic heterocycles. The molecule has 0 unspecified atom stereocenters. The van der Waals surface area contributed by atoms with Crippen LogP contribution in [0, 0.1) is 13.8 Å². The summed E-state index contributed by atoms with van der Waals surface area (Å²) in [7, 11) is -4.13. The van der Waals surface area contributed by atoms with Gasteiger partial charge in [0.05, 0.1) is 0 Å². The molecule has 0 bridgehead atoms. The topological polar surface area (TPSA) is 91.8 Å². The molecule has 1 heterocycles.